The maximum absolute atomic E-state index is 12.7. The van der Waals surface area contributed by atoms with Crippen LogP contribution in [0, 0.1) is 0 Å². The molecule has 1 aromatic carbocycles. The number of nitrogens with zero attached hydrogens (tertiary/aromatic N) is 3. The van der Waals surface area contributed by atoms with Crippen LogP contribution in [-0.2, 0) is 0 Å². The molecule has 1 aliphatic rings. The number of nitrogens with one attached hydrogen (secondary N) is 2. The number of rotatable bonds is 5. The molecule has 1 fully saturated rings. The molecule has 3 rings (SSSR count). The first-order valence-electron chi connectivity index (χ1n) is 8.72. The lowest BCUT2D eigenvalue weighted by atomic mass is 10.2. The molecule has 0 saturated carbocycles. The Morgan fingerprint density at radius 1 is 1.29 bits per heavy atom. The van der Waals surface area contributed by atoms with Gasteiger partial charge in [-0.3, -0.25) is 4.98 Å². The summed E-state index contributed by atoms with van der Waals surface area (Å²) in [6.07, 6.45) is 3.38. The normalized spacial score (nSPS) is 15.6. The molecule has 0 radical (unpaired) electrons. The van der Waals surface area contributed by atoms with Crippen molar-refractivity contribution < 1.29 is 9.53 Å². The minimum absolute atomic E-state index is 0. The summed E-state index contributed by atoms with van der Waals surface area (Å²) in [6, 6.07) is 11.3. The summed E-state index contributed by atoms with van der Waals surface area (Å²) in [6.45, 7) is 2.54. The Bertz CT molecular complexity index is 716. The molecule has 1 saturated heterocycles. The molecule has 2 heterocycles. The number of hydrogen-bond donors (Lipinski definition) is 2. The number of carbonyl (C=O) groups excluding carboxylic acids is 1. The molecule has 154 valence electrons. The summed E-state index contributed by atoms with van der Waals surface area (Å²) in [7, 11) is 3.97. The Morgan fingerprint density at radius 2 is 2.04 bits per heavy atom. The summed E-state index contributed by atoms with van der Waals surface area (Å²) < 4.78 is 5.79. The van der Waals surface area contributed by atoms with Crippen molar-refractivity contribution in [2.75, 3.05) is 50.6 Å². The van der Waals surface area contributed by atoms with Gasteiger partial charge in [-0.15, -0.1) is 24.8 Å². The number of carbonyl (C=O) groups is 1. The van der Waals surface area contributed by atoms with E-state index in [1.54, 1.807) is 12.4 Å². The molecule has 1 atom stereocenters. The standard InChI is InChI=1S/C19H25N5O2.2ClH/c1-23(2)16-7-5-15(6-8-16)22-19(25)24-11-10-21-12-17(24)14-26-18-4-3-9-20-13-18;;/h3-9,13,17,21H,10-12,14H2,1-2H3,(H,22,25);2*1H. The van der Waals surface area contributed by atoms with Gasteiger partial charge in [-0.2, -0.15) is 0 Å². The zero-order valence-electron chi connectivity index (χ0n) is 16.0. The predicted molar refractivity (Wildman–Crippen MR) is 117 cm³/mol. The Balaban J connectivity index is 0.00000196. The number of halogens is 2. The second-order valence-corrected chi connectivity index (χ2v) is 6.42. The molecule has 2 amide bonds. The highest BCUT2D eigenvalue weighted by atomic mass is 35.5. The van der Waals surface area contributed by atoms with E-state index in [0.717, 1.165) is 17.9 Å². The van der Waals surface area contributed by atoms with E-state index in [-0.39, 0.29) is 36.9 Å². The van der Waals surface area contributed by atoms with E-state index < -0.39 is 0 Å². The van der Waals surface area contributed by atoms with Crippen LogP contribution in [-0.4, -0.2) is 62.3 Å². The lowest BCUT2D eigenvalue weighted by Gasteiger charge is -2.35. The van der Waals surface area contributed by atoms with Gasteiger partial charge in [0.25, 0.3) is 0 Å². The highest BCUT2D eigenvalue weighted by Crippen LogP contribution is 2.17. The summed E-state index contributed by atoms with van der Waals surface area (Å²) in [5.41, 5.74) is 1.87. The van der Waals surface area contributed by atoms with Crippen LogP contribution in [0.1, 0.15) is 0 Å². The van der Waals surface area contributed by atoms with Gasteiger partial charge in [0.1, 0.15) is 12.4 Å². The number of hydrogen-bond acceptors (Lipinski definition) is 5. The predicted octanol–water partition coefficient (Wildman–Crippen LogP) is 2.88. The van der Waals surface area contributed by atoms with E-state index in [1.165, 1.54) is 0 Å². The van der Waals surface area contributed by atoms with E-state index in [4.69, 9.17) is 4.74 Å². The van der Waals surface area contributed by atoms with Crippen LogP contribution in [0.2, 0.25) is 0 Å². The average Bonchev–Trinajstić information content (AvgIpc) is 2.68. The van der Waals surface area contributed by atoms with Crippen molar-refractivity contribution in [1.29, 1.82) is 0 Å². The largest absolute Gasteiger partial charge is 0.490 e. The first-order chi connectivity index (χ1) is 12.6. The molecule has 2 aromatic rings. The average molecular weight is 428 g/mol. The molecular formula is C19H27Cl2N5O2. The lowest BCUT2D eigenvalue weighted by Crippen LogP contribution is -2.57. The van der Waals surface area contributed by atoms with Gasteiger partial charge >= 0.3 is 6.03 Å². The Morgan fingerprint density at radius 3 is 2.68 bits per heavy atom. The Hall–Kier alpha value is -2.22. The maximum atomic E-state index is 12.7. The highest BCUT2D eigenvalue weighted by Gasteiger charge is 2.27. The zero-order valence-corrected chi connectivity index (χ0v) is 17.6. The van der Waals surface area contributed by atoms with Crippen molar-refractivity contribution in [3.63, 3.8) is 0 Å². The van der Waals surface area contributed by atoms with Crippen LogP contribution in [0.15, 0.2) is 48.8 Å². The molecule has 0 bridgehead atoms. The van der Waals surface area contributed by atoms with Crippen LogP contribution < -0.4 is 20.3 Å². The topological polar surface area (TPSA) is 69.7 Å². The molecule has 0 aliphatic carbocycles. The van der Waals surface area contributed by atoms with Crippen molar-refractivity contribution in [2.24, 2.45) is 0 Å². The fourth-order valence-corrected chi connectivity index (χ4v) is 2.84. The van der Waals surface area contributed by atoms with Crippen LogP contribution in [0.5, 0.6) is 5.75 Å². The third kappa shape index (κ3) is 6.44. The minimum atomic E-state index is -0.108. The van der Waals surface area contributed by atoms with Gasteiger partial charge in [0, 0.05) is 51.3 Å². The number of piperazine rings is 1. The molecule has 1 aliphatic heterocycles. The van der Waals surface area contributed by atoms with Crippen LogP contribution >= 0.6 is 24.8 Å². The monoisotopic (exact) mass is 427 g/mol. The minimum Gasteiger partial charge on any atom is -0.490 e. The van der Waals surface area contributed by atoms with Crippen molar-refractivity contribution in [1.82, 2.24) is 15.2 Å². The number of ether oxygens (including phenoxy) is 1. The van der Waals surface area contributed by atoms with Crippen LogP contribution in [0.25, 0.3) is 0 Å². The van der Waals surface area contributed by atoms with E-state index in [1.807, 2.05) is 60.3 Å². The molecule has 1 unspecified atom stereocenters. The third-order valence-electron chi connectivity index (χ3n) is 4.32. The van der Waals surface area contributed by atoms with Crippen molar-refractivity contribution in [3.05, 3.63) is 48.8 Å². The van der Waals surface area contributed by atoms with Gasteiger partial charge in [-0.05, 0) is 36.4 Å². The molecule has 28 heavy (non-hydrogen) atoms. The van der Waals surface area contributed by atoms with Gasteiger partial charge in [-0.1, -0.05) is 0 Å². The van der Waals surface area contributed by atoms with Gasteiger partial charge in [0.05, 0.1) is 12.2 Å². The van der Waals surface area contributed by atoms with Crippen molar-refractivity contribution in [3.8, 4) is 5.75 Å². The number of pyridine rings is 1. The van der Waals surface area contributed by atoms with Gasteiger partial charge in [-0.25, -0.2) is 4.79 Å². The summed E-state index contributed by atoms with van der Waals surface area (Å²) in [4.78, 5) is 20.6. The van der Waals surface area contributed by atoms with Gasteiger partial charge in [0.2, 0.25) is 0 Å². The van der Waals surface area contributed by atoms with Crippen molar-refractivity contribution >= 4 is 42.2 Å². The maximum Gasteiger partial charge on any atom is 0.322 e. The van der Waals surface area contributed by atoms with Gasteiger partial charge in [0.15, 0.2) is 0 Å². The Kier molecular flexibility index (Phi) is 9.85. The summed E-state index contributed by atoms with van der Waals surface area (Å²) >= 11 is 0. The quantitative estimate of drug-likeness (QED) is 0.767. The first-order valence-corrected chi connectivity index (χ1v) is 8.72. The third-order valence-corrected chi connectivity index (χ3v) is 4.32. The smallest absolute Gasteiger partial charge is 0.322 e. The highest BCUT2D eigenvalue weighted by molar-refractivity contribution is 5.90. The fourth-order valence-electron chi connectivity index (χ4n) is 2.84. The number of urea groups is 1. The van der Waals surface area contributed by atoms with Crippen LogP contribution in [0.4, 0.5) is 16.2 Å². The summed E-state index contributed by atoms with van der Waals surface area (Å²) in [5.74, 6) is 0.706. The van der Waals surface area contributed by atoms with E-state index in [9.17, 15) is 4.79 Å². The second kappa shape index (κ2) is 11.6. The first kappa shape index (κ1) is 23.8. The van der Waals surface area contributed by atoms with Gasteiger partial charge < -0.3 is 25.2 Å². The molecule has 7 nitrogen and oxygen atoms in total. The molecule has 9 heteroatoms. The van der Waals surface area contributed by atoms with Crippen LogP contribution in [0.3, 0.4) is 0 Å². The molecular weight excluding hydrogens is 401 g/mol. The number of benzene rings is 1. The van der Waals surface area contributed by atoms with Crippen molar-refractivity contribution in [2.45, 2.75) is 6.04 Å². The molecule has 1 aromatic heterocycles. The SMILES string of the molecule is CN(C)c1ccc(NC(=O)N2CCNCC2COc2cccnc2)cc1.Cl.Cl. The zero-order chi connectivity index (χ0) is 18.4. The second-order valence-electron chi connectivity index (χ2n) is 6.42. The van der Waals surface area contributed by atoms with E-state index in [2.05, 4.69) is 15.6 Å². The molecule has 0 spiro atoms. The fraction of sp³-hybridized carbons (Fsp3) is 0.368. The number of anilines is 2. The van der Waals surface area contributed by atoms with E-state index >= 15 is 0 Å². The van der Waals surface area contributed by atoms with E-state index in [0.29, 0.717) is 25.4 Å². The Labute approximate surface area is 178 Å². The lowest BCUT2D eigenvalue weighted by molar-refractivity contribution is 0.133. The molecule has 2 N–H and O–H groups in total. The summed E-state index contributed by atoms with van der Waals surface area (Å²) in [5, 5.41) is 6.30. The number of amides is 2. The number of aromatic nitrogens is 1.